The molecule has 0 radical (unpaired) electrons. The van der Waals surface area contributed by atoms with Crippen LogP contribution in [0.15, 0.2) is 26.7 Å². The SMILES string of the molecule is Cc1ncsc1CNc1nnc(-c2ccoc2C)o1. The van der Waals surface area contributed by atoms with E-state index in [0.29, 0.717) is 18.5 Å². The molecule has 6 nitrogen and oxygen atoms in total. The minimum atomic E-state index is 0.392. The van der Waals surface area contributed by atoms with Crippen molar-refractivity contribution >= 4 is 17.4 Å². The van der Waals surface area contributed by atoms with Crippen molar-refractivity contribution in [3.05, 3.63) is 34.2 Å². The summed E-state index contributed by atoms with van der Waals surface area (Å²) in [5.41, 5.74) is 3.65. The Morgan fingerprint density at radius 1 is 1.32 bits per heavy atom. The van der Waals surface area contributed by atoms with Crippen molar-refractivity contribution in [3.63, 3.8) is 0 Å². The van der Waals surface area contributed by atoms with Gasteiger partial charge < -0.3 is 14.2 Å². The molecule has 0 aliphatic carbocycles. The number of furan rings is 1. The summed E-state index contributed by atoms with van der Waals surface area (Å²) in [4.78, 5) is 5.34. The number of hydrogen-bond acceptors (Lipinski definition) is 7. The summed E-state index contributed by atoms with van der Waals surface area (Å²) in [5, 5.41) is 11.0. The zero-order chi connectivity index (χ0) is 13.2. The van der Waals surface area contributed by atoms with E-state index < -0.39 is 0 Å². The lowest BCUT2D eigenvalue weighted by Crippen LogP contribution is -1.99. The lowest BCUT2D eigenvalue weighted by Gasteiger charge is -1.98. The average molecular weight is 276 g/mol. The second kappa shape index (κ2) is 4.85. The summed E-state index contributed by atoms with van der Waals surface area (Å²) in [5.74, 6) is 1.21. The third kappa shape index (κ3) is 2.37. The lowest BCUT2D eigenvalue weighted by molar-refractivity contribution is 0.530. The van der Waals surface area contributed by atoms with Crippen LogP contribution in [0.2, 0.25) is 0 Å². The van der Waals surface area contributed by atoms with E-state index in [2.05, 4.69) is 20.5 Å². The van der Waals surface area contributed by atoms with E-state index in [-0.39, 0.29) is 0 Å². The van der Waals surface area contributed by atoms with E-state index in [9.17, 15) is 0 Å². The molecule has 0 aliphatic heterocycles. The molecule has 0 saturated heterocycles. The number of rotatable bonds is 4. The molecular weight excluding hydrogens is 264 g/mol. The van der Waals surface area contributed by atoms with Gasteiger partial charge >= 0.3 is 6.01 Å². The molecular formula is C12H12N4O2S. The highest BCUT2D eigenvalue weighted by atomic mass is 32.1. The number of nitrogens with one attached hydrogen (secondary N) is 1. The van der Waals surface area contributed by atoms with E-state index >= 15 is 0 Å². The first kappa shape index (κ1) is 11.9. The maximum Gasteiger partial charge on any atom is 0.316 e. The molecule has 3 rings (SSSR count). The summed E-state index contributed by atoms with van der Waals surface area (Å²) in [6, 6.07) is 2.20. The van der Waals surface area contributed by atoms with Crippen molar-refractivity contribution in [1.29, 1.82) is 0 Å². The van der Waals surface area contributed by atoms with Crippen LogP contribution in [0.25, 0.3) is 11.5 Å². The molecule has 98 valence electrons. The Labute approximate surface area is 113 Å². The zero-order valence-corrected chi connectivity index (χ0v) is 11.3. The topological polar surface area (TPSA) is 77.0 Å². The smallest absolute Gasteiger partial charge is 0.316 e. The fraction of sp³-hybridized carbons (Fsp3) is 0.250. The molecule has 1 N–H and O–H groups in total. The van der Waals surface area contributed by atoms with Gasteiger partial charge in [0.25, 0.3) is 5.89 Å². The van der Waals surface area contributed by atoms with Crippen molar-refractivity contribution in [2.75, 3.05) is 5.32 Å². The number of nitrogens with zero attached hydrogens (tertiary/aromatic N) is 3. The molecule has 3 aromatic rings. The largest absolute Gasteiger partial charge is 0.469 e. The van der Waals surface area contributed by atoms with Crippen LogP contribution in [0, 0.1) is 13.8 Å². The van der Waals surface area contributed by atoms with Crippen molar-refractivity contribution < 1.29 is 8.83 Å². The molecule has 3 heterocycles. The highest BCUT2D eigenvalue weighted by molar-refractivity contribution is 7.09. The van der Waals surface area contributed by atoms with Crippen molar-refractivity contribution in [2.24, 2.45) is 0 Å². The molecule has 19 heavy (non-hydrogen) atoms. The molecule has 3 aromatic heterocycles. The molecule has 0 aliphatic rings. The monoisotopic (exact) mass is 276 g/mol. The number of anilines is 1. The van der Waals surface area contributed by atoms with Crippen LogP contribution < -0.4 is 5.32 Å². The standard InChI is InChI=1S/C12H12N4O2S/c1-7-10(19-6-14-7)5-13-12-16-15-11(18-12)9-3-4-17-8(9)2/h3-4,6H,5H2,1-2H3,(H,13,16). The molecule has 7 heteroatoms. The highest BCUT2D eigenvalue weighted by Crippen LogP contribution is 2.24. The Hall–Kier alpha value is -2.15. The Morgan fingerprint density at radius 3 is 2.89 bits per heavy atom. The molecule has 0 unspecified atom stereocenters. The van der Waals surface area contributed by atoms with Gasteiger partial charge in [0.2, 0.25) is 0 Å². The zero-order valence-electron chi connectivity index (χ0n) is 10.5. The Bertz CT molecular complexity index is 685. The van der Waals surface area contributed by atoms with Crippen molar-refractivity contribution in [1.82, 2.24) is 15.2 Å². The van der Waals surface area contributed by atoms with Gasteiger partial charge in [0, 0.05) is 4.88 Å². The fourth-order valence-corrected chi connectivity index (χ4v) is 2.38. The van der Waals surface area contributed by atoms with Gasteiger partial charge in [0.05, 0.1) is 29.6 Å². The van der Waals surface area contributed by atoms with E-state index in [1.54, 1.807) is 23.7 Å². The number of thiazole rings is 1. The van der Waals surface area contributed by atoms with Crippen LogP contribution in [-0.2, 0) is 6.54 Å². The van der Waals surface area contributed by atoms with Gasteiger partial charge in [-0.3, -0.25) is 0 Å². The molecule has 0 saturated carbocycles. The van der Waals surface area contributed by atoms with Crippen LogP contribution in [0.1, 0.15) is 16.3 Å². The van der Waals surface area contributed by atoms with E-state index in [0.717, 1.165) is 21.9 Å². The summed E-state index contributed by atoms with van der Waals surface area (Å²) in [6.07, 6.45) is 1.60. The van der Waals surface area contributed by atoms with Crippen molar-refractivity contribution in [3.8, 4) is 11.5 Å². The predicted molar refractivity (Wildman–Crippen MR) is 70.9 cm³/mol. The Kier molecular flexibility index (Phi) is 3.04. The van der Waals surface area contributed by atoms with Gasteiger partial charge in [-0.1, -0.05) is 5.10 Å². The third-order valence-corrected chi connectivity index (χ3v) is 3.69. The highest BCUT2D eigenvalue weighted by Gasteiger charge is 2.13. The maximum atomic E-state index is 5.54. The van der Waals surface area contributed by atoms with Gasteiger partial charge in [0.1, 0.15) is 5.76 Å². The molecule has 0 aromatic carbocycles. The van der Waals surface area contributed by atoms with Crippen LogP contribution in [0.3, 0.4) is 0 Å². The second-order valence-corrected chi connectivity index (χ2v) is 4.96. The number of aryl methyl sites for hydroxylation is 2. The van der Waals surface area contributed by atoms with E-state index in [4.69, 9.17) is 8.83 Å². The minimum Gasteiger partial charge on any atom is -0.469 e. The minimum absolute atomic E-state index is 0.392. The summed E-state index contributed by atoms with van der Waals surface area (Å²) in [7, 11) is 0. The summed E-state index contributed by atoms with van der Waals surface area (Å²) < 4.78 is 10.7. The van der Waals surface area contributed by atoms with Gasteiger partial charge in [-0.25, -0.2) is 4.98 Å². The van der Waals surface area contributed by atoms with Crippen LogP contribution in [0.5, 0.6) is 0 Å². The van der Waals surface area contributed by atoms with Crippen LogP contribution in [0.4, 0.5) is 6.01 Å². The predicted octanol–water partition coefficient (Wildman–Crippen LogP) is 3.02. The Morgan fingerprint density at radius 2 is 2.21 bits per heavy atom. The van der Waals surface area contributed by atoms with Crippen LogP contribution in [-0.4, -0.2) is 15.2 Å². The van der Waals surface area contributed by atoms with Crippen molar-refractivity contribution in [2.45, 2.75) is 20.4 Å². The van der Waals surface area contributed by atoms with Gasteiger partial charge in [-0.15, -0.1) is 16.4 Å². The summed E-state index contributed by atoms with van der Waals surface area (Å²) >= 11 is 1.60. The lowest BCUT2D eigenvalue weighted by atomic mass is 10.3. The quantitative estimate of drug-likeness (QED) is 0.789. The number of hydrogen-bond donors (Lipinski definition) is 1. The average Bonchev–Trinajstić information content (AvgIpc) is 3.08. The van der Waals surface area contributed by atoms with Crippen LogP contribution >= 0.6 is 11.3 Å². The summed E-state index contributed by atoms with van der Waals surface area (Å²) in [6.45, 7) is 4.46. The van der Waals surface area contributed by atoms with Gasteiger partial charge in [-0.2, -0.15) is 0 Å². The van der Waals surface area contributed by atoms with E-state index in [1.807, 2.05) is 19.4 Å². The fourth-order valence-electron chi connectivity index (χ4n) is 1.66. The van der Waals surface area contributed by atoms with Gasteiger partial charge in [-0.05, 0) is 19.9 Å². The molecule has 0 fully saturated rings. The maximum absolute atomic E-state index is 5.54. The first-order valence-electron chi connectivity index (χ1n) is 5.75. The molecule has 0 spiro atoms. The number of aromatic nitrogens is 3. The molecule has 0 bridgehead atoms. The molecule has 0 amide bonds. The van der Waals surface area contributed by atoms with E-state index in [1.165, 1.54) is 0 Å². The first-order chi connectivity index (χ1) is 9.24. The third-order valence-electron chi connectivity index (χ3n) is 2.76. The van der Waals surface area contributed by atoms with Gasteiger partial charge in [0.15, 0.2) is 0 Å². The second-order valence-electron chi connectivity index (χ2n) is 4.02. The Balaban J connectivity index is 1.72. The first-order valence-corrected chi connectivity index (χ1v) is 6.63. The molecule has 0 atom stereocenters. The normalized spacial score (nSPS) is 10.8.